The number of rotatable bonds is 2. The van der Waals surface area contributed by atoms with E-state index in [1.54, 1.807) is 6.07 Å². The minimum absolute atomic E-state index is 0.242. The van der Waals surface area contributed by atoms with E-state index in [4.69, 9.17) is 16.3 Å². The first-order valence-corrected chi connectivity index (χ1v) is 6.95. The van der Waals surface area contributed by atoms with E-state index in [0.29, 0.717) is 17.7 Å². The molecule has 0 aromatic heterocycles. The van der Waals surface area contributed by atoms with E-state index >= 15 is 0 Å². The summed E-state index contributed by atoms with van der Waals surface area (Å²) >= 11 is 5.90. The Morgan fingerprint density at radius 3 is 3.05 bits per heavy atom. The highest BCUT2D eigenvalue weighted by Gasteiger charge is 2.37. The van der Waals surface area contributed by atoms with Crippen molar-refractivity contribution in [3.05, 3.63) is 28.8 Å². The minimum atomic E-state index is -0.932. The molecule has 5 heteroatoms. The summed E-state index contributed by atoms with van der Waals surface area (Å²) in [5.74, 6) is -0.932. The molecule has 2 atom stereocenters. The van der Waals surface area contributed by atoms with Crippen LogP contribution in [0.5, 0.6) is 0 Å². The van der Waals surface area contributed by atoms with Gasteiger partial charge in [0.15, 0.2) is 0 Å². The van der Waals surface area contributed by atoms with Crippen LogP contribution in [0.1, 0.15) is 29.6 Å². The van der Waals surface area contributed by atoms with E-state index in [2.05, 4.69) is 4.90 Å². The second-order valence-corrected chi connectivity index (χ2v) is 5.50. The lowest BCUT2D eigenvalue weighted by molar-refractivity contribution is 0.0254. The summed E-state index contributed by atoms with van der Waals surface area (Å²) < 4.78 is 5.76. The second kappa shape index (κ2) is 5.02. The van der Waals surface area contributed by atoms with Crippen LogP contribution >= 0.6 is 11.6 Å². The van der Waals surface area contributed by atoms with Crippen molar-refractivity contribution >= 4 is 23.3 Å². The quantitative estimate of drug-likeness (QED) is 0.906. The number of carboxylic acids is 1. The van der Waals surface area contributed by atoms with Gasteiger partial charge in [-0.15, -0.1) is 0 Å². The number of fused-ring (bicyclic) bond motifs is 1. The summed E-state index contributed by atoms with van der Waals surface area (Å²) in [5.41, 5.74) is 1.04. The molecule has 1 N–H and O–H groups in total. The molecule has 3 rings (SSSR count). The number of carboxylic acid groups (broad SMARTS) is 1. The van der Waals surface area contributed by atoms with Crippen LogP contribution in [0.2, 0.25) is 5.02 Å². The number of aromatic carboxylic acids is 1. The monoisotopic (exact) mass is 281 g/mol. The Morgan fingerprint density at radius 1 is 1.42 bits per heavy atom. The average Bonchev–Trinajstić information content (AvgIpc) is 2.86. The van der Waals surface area contributed by atoms with Crippen molar-refractivity contribution in [2.75, 3.05) is 18.1 Å². The lowest BCUT2D eigenvalue weighted by Gasteiger charge is -2.40. The van der Waals surface area contributed by atoms with Crippen molar-refractivity contribution in [3.63, 3.8) is 0 Å². The van der Waals surface area contributed by atoms with E-state index < -0.39 is 5.97 Å². The molecular formula is C14H16ClNO3. The van der Waals surface area contributed by atoms with E-state index in [1.165, 1.54) is 6.07 Å². The second-order valence-electron chi connectivity index (χ2n) is 5.07. The Morgan fingerprint density at radius 2 is 2.26 bits per heavy atom. The number of morpholine rings is 1. The normalized spacial score (nSPS) is 26.3. The molecule has 1 heterocycles. The third kappa shape index (κ3) is 2.30. The molecule has 0 spiro atoms. The Hall–Kier alpha value is -1.26. The Kier molecular flexibility index (Phi) is 3.37. The molecule has 2 fully saturated rings. The van der Waals surface area contributed by atoms with Crippen LogP contribution in [0.25, 0.3) is 0 Å². The Balaban J connectivity index is 1.98. The van der Waals surface area contributed by atoms with Crippen molar-refractivity contribution < 1.29 is 14.6 Å². The Bertz CT molecular complexity index is 505. The zero-order valence-electron chi connectivity index (χ0n) is 10.5. The summed E-state index contributed by atoms with van der Waals surface area (Å²) in [6, 6.07) is 5.39. The van der Waals surface area contributed by atoms with Crippen LogP contribution in [0.15, 0.2) is 18.2 Å². The molecule has 1 aliphatic heterocycles. The maximum Gasteiger partial charge on any atom is 0.337 e. The highest BCUT2D eigenvalue weighted by Crippen LogP contribution is 2.35. The first-order chi connectivity index (χ1) is 9.16. The molecule has 0 bridgehead atoms. The summed E-state index contributed by atoms with van der Waals surface area (Å²) in [7, 11) is 0. The molecule has 19 heavy (non-hydrogen) atoms. The van der Waals surface area contributed by atoms with Gasteiger partial charge in [-0.25, -0.2) is 4.79 Å². The van der Waals surface area contributed by atoms with Gasteiger partial charge in [0.05, 0.1) is 30.0 Å². The van der Waals surface area contributed by atoms with Crippen LogP contribution < -0.4 is 4.90 Å². The fourth-order valence-electron chi connectivity index (χ4n) is 3.15. The fourth-order valence-corrected chi connectivity index (χ4v) is 3.33. The smallest absolute Gasteiger partial charge is 0.337 e. The van der Waals surface area contributed by atoms with E-state index in [-0.39, 0.29) is 11.7 Å². The van der Waals surface area contributed by atoms with E-state index in [0.717, 1.165) is 31.5 Å². The first kappa shape index (κ1) is 12.8. The summed E-state index contributed by atoms with van der Waals surface area (Å²) in [4.78, 5) is 13.6. The molecule has 0 amide bonds. The van der Waals surface area contributed by atoms with Gasteiger partial charge in [0.1, 0.15) is 0 Å². The van der Waals surface area contributed by atoms with Crippen molar-refractivity contribution in [2.45, 2.75) is 31.4 Å². The molecule has 102 valence electrons. The van der Waals surface area contributed by atoms with Gasteiger partial charge in [-0.3, -0.25) is 0 Å². The van der Waals surface area contributed by atoms with Crippen LogP contribution in [0.4, 0.5) is 5.69 Å². The van der Waals surface area contributed by atoms with Crippen molar-refractivity contribution in [3.8, 4) is 0 Å². The zero-order valence-corrected chi connectivity index (χ0v) is 11.3. The number of nitrogens with zero attached hydrogens (tertiary/aromatic N) is 1. The maximum absolute atomic E-state index is 11.4. The molecule has 2 aliphatic rings. The molecule has 4 nitrogen and oxygen atoms in total. The molecule has 0 radical (unpaired) electrons. The van der Waals surface area contributed by atoms with Gasteiger partial charge in [0, 0.05) is 11.6 Å². The van der Waals surface area contributed by atoms with Gasteiger partial charge in [0.25, 0.3) is 0 Å². The molecule has 1 aliphatic carbocycles. The lowest BCUT2D eigenvalue weighted by atomic mass is 10.1. The van der Waals surface area contributed by atoms with Crippen molar-refractivity contribution in [1.82, 2.24) is 0 Å². The minimum Gasteiger partial charge on any atom is -0.478 e. The van der Waals surface area contributed by atoms with Crippen molar-refractivity contribution in [2.24, 2.45) is 0 Å². The largest absolute Gasteiger partial charge is 0.478 e. The van der Waals surface area contributed by atoms with Gasteiger partial charge in [-0.2, -0.15) is 0 Å². The topological polar surface area (TPSA) is 49.8 Å². The van der Waals surface area contributed by atoms with Crippen LogP contribution in [-0.2, 0) is 4.74 Å². The highest BCUT2D eigenvalue weighted by atomic mass is 35.5. The predicted molar refractivity (Wildman–Crippen MR) is 73.1 cm³/mol. The standard InChI is InChI=1S/C14H16ClNO3/c15-9-4-5-11(10(8-9)14(17)18)16-6-7-19-13-3-1-2-12(13)16/h4-5,8,12-13H,1-3,6-7H2,(H,17,18). The van der Waals surface area contributed by atoms with Gasteiger partial charge < -0.3 is 14.7 Å². The zero-order chi connectivity index (χ0) is 13.4. The number of hydrogen-bond donors (Lipinski definition) is 1. The number of benzene rings is 1. The maximum atomic E-state index is 11.4. The number of anilines is 1. The molecule has 1 saturated carbocycles. The summed E-state index contributed by atoms with van der Waals surface area (Å²) in [6.07, 6.45) is 3.51. The average molecular weight is 282 g/mol. The molecular weight excluding hydrogens is 266 g/mol. The van der Waals surface area contributed by atoms with Gasteiger partial charge in [-0.05, 0) is 37.5 Å². The third-order valence-corrected chi connectivity index (χ3v) is 4.22. The van der Waals surface area contributed by atoms with Gasteiger partial charge in [0.2, 0.25) is 0 Å². The van der Waals surface area contributed by atoms with Crippen molar-refractivity contribution in [1.29, 1.82) is 0 Å². The number of ether oxygens (including phenoxy) is 1. The molecule has 1 aromatic rings. The predicted octanol–water partition coefficient (Wildman–Crippen LogP) is 2.80. The SMILES string of the molecule is O=C(O)c1cc(Cl)ccc1N1CCOC2CCCC21. The highest BCUT2D eigenvalue weighted by molar-refractivity contribution is 6.31. The molecule has 1 saturated heterocycles. The summed E-state index contributed by atoms with van der Waals surface area (Å²) in [5, 5.41) is 9.80. The first-order valence-electron chi connectivity index (χ1n) is 6.58. The Labute approximate surface area is 116 Å². The fraction of sp³-hybridized carbons (Fsp3) is 0.500. The number of halogens is 1. The summed E-state index contributed by atoms with van der Waals surface area (Å²) in [6.45, 7) is 1.39. The van der Waals surface area contributed by atoms with Crippen LogP contribution in [0, 0.1) is 0 Å². The third-order valence-electron chi connectivity index (χ3n) is 3.98. The number of carbonyl (C=O) groups is 1. The molecule has 1 aromatic carbocycles. The lowest BCUT2D eigenvalue weighted by Crippen LogP contribution is -2.49. The molecule has 2 unspecified atom stereocenters. The van der Waals surface area contributed by atoms with Gasteiger partial charge >= 0.3 is 5.97 Å². The number of hydrogen-bond acceptors (Lipinski definition) is 3. The van der Waals surface area contributed by atoms with E-state index in [1.807, 2.05) is 6.07 Å². The van der Waals surface area contributed by atoms with E-state index in [9.17, 15) is 9.90 Å². The van der Waals surface area contributed by atoms with Crippen LogP contribution in [-0.4, -0.2) is 36.4 Å². The van der Waals surface area contributed by atoms with Gasteiger partial charge in [-0.1, -0.05) is 11.6 Å². The van der Waals surface area contributed by atoms with Crippen LogP contribution in [0.3, 0.4) is 0 Å².